The molecule has 1 aromatic carbocycles. The van der Waals surface area contributed by atoms with Crippen LogP contribution < -0.4 is 0 Å². The zero-order valence-electron chi connectivity index (χ0n) is 9.40. The molecular weight excluding hydrogens is 220 g/mol. The molecule has 16 heavy (non-hydrogen) atoms. The third-order valence-electron chi connectivity index (χ3n) is 2.86. The van der Waals surface area contributed by atoms with Gasteiger partial charge >= 0.3 is 0 Å². The van der Waals surface area contributed by atoms with E-state index in [0.717, 1.165) is 12.1 Å². The Balaban J connectivity index is 2.02. The molecule has 0 aromatic heterocycles. The van der Waals surface area contributed by atoms with Gasteiger partial charge in [0.05, 0.1) is 0 Å². The first-order chi connectivity index (χ1) is 7.72. The second kappa shape index (κ2) is 4.78. The van der Waals surface area contributed by atoms with Crippen LogP contribution in [0.4, 0.5) is 0 Å². The number of hydrogen-bond acceptors (Lipinski definition) is 2. The van der Waals surface area contributed by atoms with Gasteiger partial charge in [0.15, 0.2) is 0 Å². The number of amidine groups is 1. The van der Waals surface area contributed by atoms with Crippen molar-refractivity contribution in [3.63, 3.8) is 0 Å². The Morgan fingerprint density at radius 2 is 2.19 bits per heavy atom. The van der Waals surface area contributed by atoms with Gasteiger partial charge in [-0.25, -0.2) is 0 Å². The SMILES string of the molecule is CCS(=O)CCN1Cc2ccccc2C1=N. The van der Waals surface area contributed by atoms with E-state index in [4.69, 9.17) is 5.41 Å². The summed E-state index contributed by atoms with van der Waals surface area (Å²) in [4.78, 5) is 2.00. The third-order valence-corrected chi connectivity index (χ3v) is 4.14. The minimum Gasteiger partial charge on any atom is -0.351 e. The predicted molar refractivity (Wildman–Crippen MR) is 67.2 cm³/mol. The van der Waals surface area contributed by atoms with Crippen LogP contribution in [0.1, 0.15) is 18.1 Å². The minimum absolute atomic E-state index is 0.573. The summed E-state index contributed by atoms with van der Waals surface area (Å²) in [6.07, 6.45) is 0. The van der Waals surface area contributed by atoms with Crippen molar-refractivity contribution in [2.45, 2.75) is 13.5 Å². The smallest absolute Gasteiger partial charge is 0.128 e. The van der Waals surface area contributed by atoms with Crippen molar-refractivity contribution in [3.8, 4) is 0 Å². The van der Waals surface area contributed by atoms with Gasteiger partial charge < -0.3 is 4.90 Å². The average Bonchev–Trinajstić information content (AvgIpc) is 2.64. The average molecular weight is 236 g/mol. The molecule has 0 amide bonds. The monoisotopic (exact) mass is 236 g/mol. The lowest BCUT2D eigenvalue weighted by atomic mass is 10.1. The Kier molecular flexibility index (Phi) is 3.39. The van der Waals surface area contributed by atoms with Crippen molar-refractivity contribution in [2.75, 3.05) is 18.1 Å². The van der Waals surface area contributed by atoms with Gasteiger partial charge in [-0.15, -0.1) is 0 Å². The summed E-state index contributed by atoms with van der Waals surface area (Å²) in [6.45, 7) is 3.43. The lowest BCUT2D eigenvalue weighted by molar-refractivity contribution is 0.454. The molecule has 3 nitrogen and oxygen atoms in total. The molecule has 0 aliphatic carbocycles. The Labute approximate surface area is 98.4 Å². The van der Waals surface area contributed by atoms with Gasteiger partial charge in [0.1, 0.15) is 5.84 Å². The molecule has 0 saturated heterocycles. The zero-order chi connectivity index (χ0) is 11.5. The van der Waals surface area contributed by atoms with Crippen LogP contribution in [0.5, 0.6) is 0 Å². The number of benzene rings is 1. The van der Waals surface area contributed by atoms with Gasteiger partial charge in [0, 0.05) is 41.0 Å². The normalized spacial score (nSPS) is 16.3. The van der Waals surface area contributed by atoms with Crippen LogP contribution in [-0.4, -0.2) is 33.0 Å². The van der Waals surface area contributed by atoms with E-state index in [1.165, 1.54) is 5.56 Å². The summed E-state index contributed by atoms with van der Waals surface area (Å²) in [5.74, 6) is 1.93. The zero-order valence-corrected chi connectivity index (χ0v) is 10.2. The van der Waals surface area contributed by atoms with E-state index >= 15 is 0 Å². The molecule has 1 aromatic rings. The van der Waals surface area contributed by atoms with Crippen LogP contribution in [0.3, 0.4) is 0 Å². The Morgan fingerprint density at radius 1 is 1.44 bits per heavy atom. The quantitative estimate of drug-likeness (QED) is 0.863. The molecule has 4 heteroatoms. The second-order valence-corrected chi connectivity index (χ2v) is 5.73. The van der Waals surface area contributed by atoms with Crippen LogP contribution in [0.15, 0.2) is 24.3 Å². The van der Waals surface area contributed by atoms with Crippen molar-refractivity contribution in [1.82, 2.24) is 4.90 Å². The van der Waals surface area contributed by atoms with Gasteiger partial charge in [-0.2, -0.15) is 0 Å². The molecule has 0 fully saturated rings. The molecular formula is C12H16N2OS. The second-order valence-electron chi connectivity index (χ2n) is 3.86. The predicted octanol–water partition coefficient (Wildman–Crippen LogP) is 1.60. The Bertz CT molecular complexity index is 431. The lowest BCUT2D eigenvalue weighted by Crippen LogP contribution is -2.28. The van der Waals surface area contributed by atoms with Crippen LogP contribution in [0.25, 0.3) is 0 Å². The maximum Gasteiger partial charge on any atom is 0.128 e. The fraction of sp³-hybridized carbons (Fsp3) is 0.417. The van der Waals surface area contributed by atoms with Gasteiger partial charge in [-0.1, -0.05) is 31.2 Å². The number of rotatable bonds is 4. The highest BCUT2D eigenvalue weighted by Crippen LogP contribution is 2.21. The molecule has 0 spiro atoms. The van der Waals surface area contributed by atoms with Gasteiger partial charge in [-0.05, 0) is 5.56 Å². The van der Waals surface area contributed by atoms with E-state index in [1.807, 2.05) is 30.0 Å². The molecule has 86 valence electrons. The van der Waals surface area contributed by atoms with Crippen LogP contribution in [-0.2, 0) is 17.3 Å². The number of nitrogens with zero attached hydrogens (tertiary/aromatic N) is 1. The molecule has 1 atom stereocenters. The first-order valence-electron chi connectivity index (χ1n) is 5.49. The molecule has 1 aliphatic heterocycles. The van der Waals surface area contributed by atoms with Gasteiger partial charge in [-0.3, -0.25) is 9.62 Å². The topological polar surface area (TPSA) is 44.2 Å². The van der Waals surface area contributed by atoms with E-state index in [0.29, 0.717) is 23.9 Å². The van der Waals surface area contributed by atoms with Crippen LogP contribution >= 0.6 is 0 Å². The van der Waals surface area contributed by atoms with Crippen molar-refractivity contribution in [2.24, 2.45) is 0 Å². The molecule has 2 rings (SSSR count). The summed E-state index contributed by atoms with van der Waals surface area (Å²) in [6, 6.07) is 8.00. The van der Waals surface area contributed by atoms with Crippen LogP contribution in [0.2, 0.25) is 0 Å². The van der Waals surface area contributed by atoms with E-state index < -0.39 is 10.8 Å². The fourth-order valence-corrected chi connectivity index (χ4v) is 2.60. The highest BCUT2D eigenvalue weighted by molar-refractivity contribution is 7.84. The molecule has 0 radical (unpaired) electrons. The van der Waals surface area contributed by atoms with Crippen molar-refractivity contribution in [1.29, 1.82) is 5.41 Å². The highest BCUT2D eigenvalue weighted by Gasteiger charge is 2.23. The summed E-state index contributed by atoms with van der Waals surface area (Å²) in [5.41, 5.74) is 2.22. The van der Waals surface area contributed by atoms with Crippen LogP contribution in [0, 0.1) is 5.41 Å². The summed E-state index contributed by atoms with van der Waals surface area (Å²) >= 11 is 0. The van der Waals surface area contributed by atoms with Gasteiger partial charge in [0.2, 0.25) is 0 Å². The van der Waals surface area contributed by atoms with Crippen molar-refractivity contribution >= 4 is 16.6 Å². The molecule has 0 saturated carbocycles. The standard InChI is InChI=1S/C12H16N2OS/c1-2-16(15)8-7-14-9-10-5-3-4-6-11(10)12(14)13/h3-6,13H,2,7-9H2,1H3. The third kappa shape index (κ3) is 2.16. The summed E-state index contributed by atoms with van der Waals surface area (Å²) in [5, 5.41) is 8.02. The first-order valence-corrected chi connectivity index (χ1v) is 6.98. The van der Waals surface area contributed by atoms with Crippen molar-refractivity contribution in [3.05, 3.63) is 35.4 Å². The van der Waals surface area contributed by atoms with Crippen molar-refractivity contribution < 1.29 is 4.21 Å². The summed E-state index contributed by atoms with van der Waals surface area (Å²) < 4.78 is 11.4. The lowest BCUT2D eigenvalue weighted by Gasteiger charge is -2.16. The fourth-order valence-electron chi connectivity index (χ4n) is 1.89. The number of hydrogen-bond donors (Lipinski definition) is 1. The largest absolute Gasteiger partial charge is 0.351 e. The minimum atomic E-state index is -0.742. The summed E-state index contributed by atoms with van der Waals surface area (Å²) in [7, 11) is -0.742. The molecule has 0 bridgehead atoms. The molecule has 1 heterocycles. The Morgan fingerprint density at radius 3 is 2.88 bits per heavy atom. The van der Waals surface area contributed by atoms with E-state index in [-0.39, 0.29) is 0 Å². The Hall–Kier alpha value is -1.16. The maximum atomic E-state index is 11.4. The number of nitrogens with one attached hydrogen (secondary N) is 1. The molecule has 1 N–H and O–H groups in total. The van der Waals surface area contributed by atoms with E-state index in [1.54, 1.807) is 0 Å². The number of fused-ring (bicyclic) bond motifs is 1. The maximum absolute atomic E-state index is 11.4. The molecule has 1 unspecified atom stereocenters. The first kappa shape index (κ1) is 11.3. The van der Waals surface area contributed by atoms with E-state index in [9.17, 15) is 4.21 Å². The van der Waals surface area contributed by atoms with E-state index in [2.05, 4.69) is 6.07 Å². The van der Waals surface area contributed by atoms with Gasteiger partial charge in [0.25, 0.3) is 0 Å². The highest BCUT2D eigenvalue weighted by atomic mass is 32.2. The molecule has 1 aliphatic rings.